The van der Waals surface area contributed by atoms with E-state index in [1.54, 1.807) is 55.6 Å². The van der Waals surface area contributed by atoms with Crippen LogP contribution in [0.5, 0.6) is 5.75 Å². The van der Waals surface area contributed by atoms with Crippen LogP contribution in [0.3, 0.4) is 0 Å². The van der Waals surface area contributed by atoms with Crippen molar-refractivity contribution in [1.29, 1.82) is 0 Å². The minimum Gasteiger partial charge on any atom is -0.497 e. The monoisotopic (exact) mass is 365 g/mol. The standard InChI is InChI=1S/C20H19N3O4/c1-12(24)21-14-9-7-13(8-10-14)17-18(20(26)23(2)19(17)25)22-15-5-4-6-16(11-15)27-3/h4-11,22H,1-3H3,(H,21,24). The SMILES string of the molecule is COc1cccc(NC2=C(c3ccc(NC(C)=O)cc3)C(=O)N(C)C2=O)c1. The molecular formula is C20H19N3O4. The smallest absolute Gasteiger partial charge is 0.277 e. The fraction of sp³-hybridized carbons (Fsp3) is 0.150. The van der Waals surface area contributed by atoms with E-state index in [-0.39, 0.29) is 17.2 Å². The molecule has 0 spiro atoms. The quantitative estimate of drug-likeness (QED) is 0.795. The molecule has 2 aromatic rings. The number of hydrogen-bond acceptors (Lipinski definition) is 5. The topological polar surface area (TPSA) is 87.7 Å². The van der Waals surface area contributed by atoms with E-state index < -0.39 is 11.8 Å². The van der Waals surface area contributed by atoms with Crippen LogP contribution in [-0.2, 0) is 14.4 Å². The fourth-order valence-corrected chi connectivity index (χ4v) is 2.79. The summed E-state index contributed by atoms with van der Waals surface area (Å²) >= 11 is 0. The van der Waals surface area contributed by atoms with E-state index in [0.29, 0.717) is 22.7 Å². The van der Waals surface area contributed by atoms with Crippen LogP contribution in [0.25, 0.3) is 5.57 Å². The minimum absolute atomic E-state index is 0.186. The Bertz CT molecular complexity index is 948. The number of carbonyl (C=O) groups excluding carboxylic acids is 3. The second-order valence-electron chi connectivity index (χ2n) is 6.03. The summed E-state index contributed by atoms with van der Waals surface area (Å²) in [7, 11) is 3.00. The lowest BCUT2D eigenvalue weighted by atomic mass is 10.0. The fourth-order valence-electron chi connectivity index (χ4n) is 2.79. The Hall–Kier alpha value is -3.61. The summed E-state index contributed by atoms with van der Waals surface area (Å²) in [6, 6.07) is 13.8. The van der Waals surface area contributed by atoms with E-state index in [0.717, 1.165) is 4.90 Å². The second-order valence-corrected chi connectivity index (χ2v) is 6.03. The lowest BCUT2D eigenvalue weighted by Crippen LogP contribution is -2.27. The molecule has 138 valence electrons. The third-order valence-corrected chi connectivity index (χ3v) is 4.12. The van der Waals surface area contributed by atoms with Crippen LogP contribution >= 0.6 is 0 Å². The molecule has 0 unspecified atom stereocenters. The van der Waals surface area contributed by atoms with Crippen LogP contribution in [0.2, 0.25) is 0 Å². The molecule has 0 saturated heterocycles. The Labute approximate surface area is 156 Å². The molecule has 1 heterocycles. The van der Waals surface area contributed by atoms with Crippen molar-refractivity contribution in [2.75, 3.05) is 24.8 Å². The summed E-state index contributed by atoms with van der Waals surface area (Å²) in [5, 5.41) is 5.71. The highest BCUT2D eigenvalue weighted by molar-refractivity contribution is 6.36. The van der Waals surface area contributed by atoms with Gasteiger partial charge in [-0.1, -0.05) is 18.2 Å². The zero-order chi connectivity index (χ0) is 19.6. The number of rotatable bonds is 5. The number of carbonyl (C=O) groups is 3. The van der Waals surface area contributed by atoms with Crippen LogP contribution < -0.4 is 15.4 Å². The predicted octanol–water partition coefficient (Wildman–Crippen LogP) is 2.48. The molecule has 7 heteroatoms. The maximum atomic E-state index is 12.6. The molecule has 2 N–H and O–H groups in total. The number of hydrogen-bond donors (Lipinski definition) is 2. The normalized spacial score (nSPS) is 13.8. The third-order valence-electron chi connectivity index (χ3n) is 4.12. The maximum absolute atomic E-state index is 12.6. The van der Waals surface area contributed by atoms with Gasteiger partial charge >= 0.3 is 0 Å². The van der Waals surface area contributed by atoms with Crippen molar-refractivity contribution in [3.63, 3.8) is 0 Å². The van der Waals surface area contributed by atoms with Crippen molar-refractivity contribution in [2.45, 2.75) is 6.92 Å². The second kappa shape index (κ2) is 7.33. The minimum atomic E-state index is -0.413. The summed E-state index contributed by atoms with van der Waals surface area (Å²) in [5.41, 5.74) is 2.30. The Morgan fingerprint density at radius 1 is 1.00 bits per heavy atom. The van der Waals surface area contributed by atoms with E-state index >= 15 is 0 Å². The van der Waals surface area contributed by atoms with Gasteiger partial charge in [0.05, 0.1) is 12.7 Å². The molecule has 0 aliphatic carbocycles. The molecule has 0 radical (unpaired) electrons. The van der Waals surface area contributed by atoms with Crippen LogP contribution in [-0.4, -0.2) is 36.8 Å². The number of imide groups is 1. The number of benzene rings is 2. The van der Waals surface area contributed by atoms with Gasteiger partial charge in [-0.05, 0) is 29.8 Å². The van der Waals surface area contributed by atoms with E-state index in [2.05, 4.69) is 10.6 Å². The van der Waals surface area contributed by atoms with Crippen molar-refractivity contribution >= 4 is 34.7 Å². The average molecular weight is 365 g/mol. The zero-order valence-electron chi connectivity index (χ0n) is 15.2. The Morgan fingerprint density at radius 2 is 1.70 bits per heavy atom. The molecular weight excluding hydrogens is 346 g/mol. The summed E-state index contributed by atoms with van der Waals surface area (Å²) < 4.78 is 5.19. The van der Waals surface area contributed by atoms with Gasteiger partial charge in [-0.3, -0.25) is 19.3 Å². The molecule has 7 nitrogen and oxygen atoms in total. The number of anilines is 2. The van der Waals surface area contributed by atoms with Gasteiger partial charge in [0.2, 0.25) is 5.91 Å². The highest BCUT2D eigenvalue weighted by atomic mass is 16.5. The van der Waals surface area contributed by atoms with Gasteiger partial charge in [0.25, 0.3) is 11.8 Å². The van der Waals surface area contributed by atoms with Crippen molar-refractivity contribution in [3.05, 3.63) is 59.8 Å². The van der Waals surface area contributed by atoms with E-state index in [9.17, 15) is 14.4 Å². The first-order valence-corrected chi connectivity index (χ1v) is 8.26. The van der Waals surface area contributed by atoms with Gasteiger partial charge in [-0.2, -0.15) is 0 Å². The van der Waals surface area contributed by atoms with Gasteiger partial charge < -0.3 is 15.4 Å². The predicted molar refractivity (Wildman–Crippen MR) is 102 cm³/mol. The average Bonchev–Trinajstić information content (AvgIpc) is 2.86. The molecule has 0 fully saturated rings. The summed E-state index contributed by atoms with van der Waals surface area (Å²) in [6.45, 7) is 1.42. The molecule has 0 saturated carbocycles. The summed E-state index contributed by atoms with van der Waals surface area (Å²) in [6.07, 6.45) is 0. The number of likely N-dealkylation sites (N-methyl/N-ethyl adjacent to an activating group) is 1. The van der Waals surface area contributed by atoms with Gasteiger partial charge in [0, 0.05) is 31.4 Å². The molecule has 1 aliphatic heterocycles. The maximum Gasteiger partial charge on any atom is 0.277 e. The lowest BCUT2D eigenvalue weighted by molar-refractivity contribution is -0.135. The number of amides is 3. The molecule has 2 aromatic carbocycles. The molecule has 27 heavy (non-hydrogen) atoms. The van der Waals surface area contributed by atoms with Crippen molar-refractivity contribution in [1.82, 2.24) is 4.90 Å². The van der Waals surface area contributed by atoms with Crippen molar-refractivity contribution in [2.24, 2.45) is 0 Å². The van der Waals surface area contributed by atoms with Crippen LogP contribution in [0.15, 0.2) is 54.2 Å². The van der Waals surface area contributed by atoms with Gasteiger partial charge in [0.15, 0.2) is 0 Å². The van der Waals surface area contributed by atoms with Crippen LogP contribution in [0.1, 0.15) is 12.5 Å². The van der Waals surface area contributed by atoms with E-state index in [1.165, 1.54) is 14.0 Å². The van der Waals surface area contributed by atoms with Crippen LogP contribution in [0.4, 0.5) is 11.4 Å². The number of nitrogens with one attached hydrogen (secondary N) is 2. The van der Waals surface area contributed by atoms with Gasteiger partial charge in [0.1, 0.15) is 11.4 Å². The third kappa shape index (κ3) is 3.67. The number of methoxy groups -OCH3 is 1. The molecule has 3 amide bonds. The van der Waals surface area contributed by atoms with Crippen molar-refractivity contribution < 1.29 is 19.1 Å². The summed E-state index contributed by atoms with van der Waals surface area (Å²) in [4.78, 5) is 37.4. The Kier molecular flexibility index (Phi) is 4.94. The first kappa shape index (κ1) is 18.2. The van der Waals surface area contributed by atoms with Gasteiger partial charge in [-0.15, -0.1) is 0 Å². The van der Waals surface area contributed by atoms with E-state index in [1.807, 2.05) is 0 Å². The summed E-state index contributed by atoms with van der Waals surface area (Å²) in [5.74, 6) is -0.359. The molecule has 0 atom stereocenters. The molecule has 3 rings (SSSR count). The largest absolute Gasteiger partial charge is 0.497 e. The highest BCUT2D eigenvalue weighted by Crippen LogP contribution is 2.31. The first-order chi connectivity index (χ1) is 12.9. The Balaban J connectivity index is 2.00. The molecule has 0 aromatic heterocycles. The molecule has 1 aliphatic rings. The van der Waals surface area contributed by atoms with Gasteiger partial charge in [-0.25, -0.2) is 0 Å². The number of nitrogens with zero attached hydrogens (tertiary/aromatic N) is 1. The van der Waals surface area contributed by atoms with Crippen molar-refractivity contribution in [3.8, 4) is 5.75 Å². The van der Waals surface area contributed by atoms with Crippen LogP contribution in [0, 0.1) is 0 Å². The van der Waals surface area contributed by atoms with E-state index in [4.69, 9.17) is 4.74 Å². The lowest BCUT2D eigenvalue weighted by Gasteiger charge is -2.10. The number of ether oxygens (including phenoxy) is 1. The Morgan fingerprint density at radius 3 is 2.33 bits per heavy atom. The first-order valence-electron chi connectivity index (χ1n) is 8.26. The molecule has 0 bridgehead atoms. The zero-order valence-corrected chi connectivity index (χ0v) is 15.2. The highest BCUT2D eigenvalue weighted by Gasteiger charge is 2.36.